The summed E-state index contributed by atoms with van der Waals surface area (Å²) >= 11 is 5.42. The van der Waals surface area contributed by atoms with Crippen LogP contribution in [0.3, 0.4) is 0 Å². The number of anilines is 1. The third-order valence-electron chi connectivity index (χ3n) is 4.83. The van der Waals surface area contributed by atoms with E-state index in [1.807, 2.05) is 24.3 Å². The van der Waals surface area contributed by atoms with Gasteiger partial charge in [0.25, 0.3) is 11.1 Å². The maximum atomic E-state index is 12.5. The lowest BCUT2D eigenvalue weighted by atomic mass is 9.78. The van der Waals surface area contributed by atoms with Gasteiger partial charge in [-0.05, 0) is 71.3 Å². The van der Waals surface area contributed by atoms with Gasteiger partial charge < -0.3 is 10.4 Å². The van der Waals surface area contributed by atoms with Crippen molar-refractivity contribution >= 4 is 28.4 Å². The van der Waals surface area contributed by atoms with E-state index in [0.29, 0.717) is 16.8 Å². The Kier molecular flexibility index (Phi) is 5.52. The number of amides is 1. The molecule has 0 aliphatic carbocycles. The number of nitrogens with one attached hydrogen (secondary N) is 1. The number of carbonyl (C=O) groups excluding carboxylic acids is 2. The maximum absolute atomic E-state index is 12.5. The van der Waals surface area contributed by atoms with Crippen LogP contribution >= 0.6 is 11.6 Å². The third kappa shape index (κ3) is 4.24. The van der Waals surface area contributed by atoms with Crippen molar-refractivity contribution in [1.82, 2.24) is 0 Å². The van der Waals surface area contributed by atoms with Gasteiger partial charge in [-0.25, -0.2) is 0 Å². The highest BCUT2D eigenvalue weighted by atomic mass is 35.5. The van der Waals surface area contributed by atoms with E-state index in [1.54, 1.807) is 48.5 Å². The van der Waals surface area contributed by atoms with Gasteiger partial charge in [-0.2, -0.15) is 0 Å². The molecule has 4 nitrogen and oxygen atoms in total. The van der Waals surface area contributed by atoms with Crippen molar-refractivity contribution < 1.29 is 14.7 Å². The Balaban J connectivity index is 1.75. The second kappa shape index (κ2) is 7.87. The van der Waals surface area contributed by atoms with Gasteiger partial charge in [-0.1, -0.05) is 38.1 Å². The Bertz CT molecular complexity index is 992. The number of phenols is 1. The van der Waals surface area contributed by atoms with E-state index in [0.717, 1.165) is 11.1 Å². The third-order valence-corrected chi connectivity index (χ3v) is 5.05. The summed E-state index contributed by atoms with van der Waals surface area (Å²) in [6.45, 7) is 4.18. The van der Waals surface area contributed by atoms with Gasteiger partial charge >= 0.3 is 0 Å². The van der Waals surface area contributed by atoms with Gasteiger partial charge in [0.1, 0.15) is 5.75 Å². The second-order valence-electron chi connectivity index (χ2n) is 7.05. The van der Waals surface area contributed by atoms with Gasteiger partial charge in [-0.15, -0.1) is 0 Å². The fraction of sp³-hybridized carbons (Fsp3) is 0.130. The summed E-state index contributed by atoms with van der Waals surface area (Å²) < 4.78 is 0. The number of halogens is 1. The van der Waals surface area contributed by atoms with Gasteiger partial charge in [-0.3, -0.25) is 9.59 Å². The monoisotopic (exact) mass is 393 g/mol. The molecule has 0 aromatic heterocycles. The SMILES string of the molecule is CC(C)(c1ccc(O)cc1)c1ccc(C(=O)Nc2ccc(C(=O)Cl)cc2)cc1. The van der Waals surface area contributed by atoms with Crippen LogP contribution in [-0.4, -0.2) is 16.3 Å². The zero-order valence-electron chi connectivity index (χ0n) is 15.6. The highest BCUT2D eigenvalue weighted by Gasteiger charge is 2.23. The van der Waals surface area contributed by atoms with Crippen molar-refractivity contribution in [3.8, 4) is 5.75 Å². The van der Waals surface area contributed by atoms with E-state index in [4.69, 9.17) is 11.6 Å². The van der Waals surface area contributed by atoms with Gasteiger partial charge in [0.15, 0.2) is 0 Å². The van der Waals surface area contributed by atoms with Crippen LogP contribution in [0.25, 0.3) is 0 Å². The molecule has 0 aliphatic heterocycles. The first kappa shape index (κ1) is 19.6. The van der Waals surface area contributed by atoms with Crippen LogP contribution < -0.4 is 5.32 Å². The fourth-order valence-corrected chi connectivity index (χ4v) is 3.10. The Morgan fingerprint density at radius 3 is 1.75 bits per heavy atom. The molecule has 5 heteroatoms. The molecule has 3 rings (SSSR count). The second-order valence-corrected chi connectivity index (χ2v) is 7.40. The zero-order chi connectivity index (χ0) is 20.3. The smallest absolute Gasteiger partial charge is 0.255 e. The number of phenolic OH excluding ortho intramolecular Hbond substituents is 1. The molecule has 0 atom stereocenters. The van der Waals surface area contributed by atoms with Crippen molar-refractivity contribution in [3.63, 3.8) is 0 Å². The first-order valence-corrected chi connectivity index (χ1v) is 9.16. The fourth-order valence-electron chi connectivity index (χ4n) is 2.97. The van der Waals surface area contributed by atoms with Crippen molar-refractivity contribution in [3.05, 3.63) is 95.1 Å². The highest BCUT2D eigenvalue weighted by molar-refractivity contribution is 6.67. The number of benzene rings is 3. The molecule has 0 radical (unpaired) electrons. The summed E-state index contributed by atoms with van der Waals surface area (Å²) in [5, 5.41) is 11.7. The molecule has 0 spiro atoms. The van der Waals surface area contributed by atoms with Crippen LogP contribution in [-0.2, 0) is 5.41 Å². The van der Waals surface area contributed by atoms with E-state index in [1.165, 1.54) is 0 Å². The summed E-state index contributed by atoms with van der Waals surface area (Å²) in [7, 11) is 0. The molecule has 0 bridgehead atoms. The van der Waals surface area contributed by atoms with Crippen LogP contribution in [0.5, 0.6) is 5.75 Å². The van der Waals surface area contributed by atoms with E-state index in [-0.39, 0.29) is 17.1 Å². The molecule has 0 unspecified atom stereocenters. The first-order valence-electron chi connectivity index (χ1n) is 8.78. The summed E-state index contributed by atoms with van der Waals surface area (Å²) in [5.74, 6) is -0.00560. The lowest BCUT2D eigenvalue weighted by Crippen LogP contribution is -2.19. The van der Waals surface area contributed by atoms with Gasteiger partial charge in [0.2, 0.25) is 0 Å². The molecule has 28 heavy (non-hydrogen) atoms. The molecule has 0 fully saturated rings. The average molecular weight is 394 g/mol. The minimum absolute atomic E-state index is 0.231. The van der Waals surface area contributed by atoms with E-state index >= 15 is 0 Å². The zero-order valence-corrected chi connectivity index (χ0v) is 16.3. The molecular formula is C23H20ClNO3. The van der Waals surface area contributed by atoms with Gasteiger partial charge in [0, 0.05) is 22.2 Å². The van der Waals surface area contributed by atoms with E-state index in [2.05, 4.69) is 19.2 Å². The molecule has 3 aromatic rings. The number of aromatic hydroxyl groups is 1. The molecule has 0 saturated heterocycles. The van der Waals surface area contributed by atoms with Crippen LogP contribution in [0.1, 0.15) is 45.7 Å². The van der Waals surface area contributed by atoms with Crippen molar-refractivity contribution in [2.24, 2.45) is 0 Å². The van der Waals surface area contributed by atoms with Crippen LogP contribution in [0.2, 0.25) is 0 Å². The van der Waals surface area contributed by atoms with Gasteiger partial charge in [0.05, 0.1) is 0 Å². The number of hydrogen-bond donors (Lipinski definition) is 2. The molecule has 1 amide bonds. The van der Waals surface area contributed by atoms with Crippen LogP contribution in [0.15, 0.2) is 72.8 Å². The van der Waals surface area contributed by atoms with E-state index < -0.39 is 5.24 Å². The Labute approximate surface area is 168 Å². The van der Waals surface area contributed by atoms with Crippen molar-refractivity contribution in [2.45, 2.75) is 19.3 Å². The summed E-state index contributed by atoms with van der Waals surface area (Å²) in [6, 6.07) is 20.9. The largest absolute Gasteiger partial charge is 0.508 e. The summed E-state index contributed by atoms with van der Waals surface area (Å²) in [5.41, 5.74) is 3.34. The Morgan fingerprint density at radius 2 is 1.25 bits per heavy atom. The number of carbonyl (C=O) groups is 2. The van der Waals surface area contributed by atoms with Crippen LogP contribution in [0.4, 0.5) is 5.69 Å². The van der Waals surface area contributed by atoms with Crippen molar-refractivity contribution in [2.75, 3.05) is 5.32 Å². The minimum Gasteiger partial charge on any atom is -0.508 e. The topological polar surface area (TPSA) is 66.4 Å². The number of hydrogen-bond acceptors (Lipinski definition) is 3. The molecule has 2 N–H and O–H groups in total. The standard InChI is InChI=1S/C23H20ClNO3/c1-23(2,18-9-13-20(26)14-10-18)17-7-3-16(4-8-17)22(28)25-19-11-5-15(6-12-19)21(24)27/h3-14,26H,1-2H3,(H,25,28). The minimum atomic E-state index is -0.537. The Morgan fingerprint density at radius 1 is 0.786 bits per heavy atom. The maximum Gasteiger partial charge on any atom is 0.255 e. The normalized spacial score (nSPS) is 11.1. The Hall–Kier alpha value is -3.11. The lowest BCUT2D eigenvalue weighted by molar-refractivity contribution is 0.102. The first-order chi connectivity index (χ1) is 13.3. The summed E-state index contributed by atoms with van der Waals surface area (Å²) in [6.07, 6.45) is 0. The average Bonchev–Trinajstić information content (AvgIpc) is 2.69. The quantitative estimate of drug-likeness (QED) is 0.574. The predicted octanol–water partition coefficient (Wildman–Crippen LogP) is 5.35. The molecule has 3 aromatic carbocycles. The lowest BCUT2D eigenvalue weighted by Gasteiger charge is -2.26. The molecule has 0 saturated carbocycles. The predicted molar refractivity (Wildman–Crippen MR) is 111 cm³/mol. The molecule has 0 aliphatic rings. The van der Waals surface area contributed by atoms with Crippen LogP contribution in [0, 0.1) is 0 Å². The summed E-state index contributed by atoms with van der Waals surface area (Å²) in [4.78, 5) is 23.6. The molecule has 142 valence electrons. The number of rotatable bonds is 5. The van der Waals surface area contributed by atoms with Crippen molar-refractivity contribution in [1.29, 1.82) is 0 Å². The molecule has 0 heterocycles. The highest BCUT2D eigenvalue weighted by Crippen LogP contribution is 2.32. The molecular weight excluding hydrogens is 374 g/mol. The van der Waals surface area contributed by atoms with E-state index in [9.17, 15) is 14.7 Å².